The molecule has 4 nitrogen and oxygen atoms in total. The van der Waals surface area contributed by atoms with E-state index in [1.165, 1.54) is 12.1 Å². The van der Waals surface area contributed by atoms with E-state index in [2.05, 4.69) is 5.32 Å². The van der Waals surface area contributed by atoms with Crippen LogP contribution in [0.3, 0.4) is 0 Å². The summed E-state index contributed by atoms with van der Waals surface area (Å²) in [5, 5.41) is 3.06. The highest BCUT2D eigenvalue weighted by atomic mass is 19.1. The molecule has 0 radical (unpaired) electrons. The minimum absolute atomic E-state index is 0.0215. The summed E-state index contributed by atoms with van der Waals surface area (Å²) in [5.74, 6) is 0.134. The number of benzene rings is 1. The molecule has 3 rings (SSSR count). The van der Waals surface area contributed by atoms with Crippen molar-refractivity contribution in [3.05, 3.63) is 29.6 Å². The molecular weight excluding hydrogens is 283 g/mol. The van der Waals surface area contributed by atoms with Gasteiger partial charge in [-0.3, -0.25) is 4.79 Å². The number of amides is 1. The molecular formula is C17H23FN2O2. The Hall–Kier alpha value is -1.62. The van der Waals surface area contributed by atoms with E-state index in [-0.39, 0.29) is 23.7 Å². The molecule has 1 heterocycles. The number of ether oxygens (including phenoxy) is 1. The number of nitrogens with two attached hydrogens (primary N) is 1. The fourth-order valence-corrected chi connectivity index (χ4v) is 3.58. The summed E-state index contributed by atoms with van der Waals surface area (Å²) in [6, 6.07) is 4.24. The third-order valence-corrected chi connectivity index (χ3v) is 4.90. The summed E-state index contributed by atoms with van der Waals surface area (Å²) in [7, 11) is 0. The molecule has 3 unspecified atom stereocenters. The Bertz CT molecular complexity index is 574. The van der Waals surface area contributed by atoms with Crippen molar-refractivity contribution in [2.24, 2.45) is 11.7 Å². The predicted octanol–water partition coefficient (Wildman–Crippen LogP) is 2.67. The summed E-state index contributed by atoms with van der Waals surface area (Å²) >= 11 is 0. The Labute approximate surface area is 130 Å². The van der Waals surface area contributed by atoms with Gasteiger partial charge < -0.3 is 15.8 Å². The molecule has 22 heavy (non-hydrogen) atoms. The van der Waals surface area contributed by atoms with Crippen LogP contribution < -0.4 is 15.8 Å². The largest absolute Gasteiger partial charge is 0.493 e. The van der Waals surface area contributed by atoms with Gasteiger partial charge in [0.25, 0.3) is 0 Å². The molecule has 2 aliphatic rings. The first-order valence-corrected chi connectivity index (χ1v) is 7.99. The molecule has 120 valence electrons. The third kappa shape index (κ3) is 2.95. The zero-order valence-electron chi connectivity index (χ0n) is 12.9. The topological polar surface area (TPSA) is 64.4 Å². The van der Waals surface area contributed by atoms with Crippen LogP contribution in [0.15, 0.2) is 18.2 Å². The molecule has 3 atom stereocenters. The molecule has 0 spiro atoms. The number of carbonyl (C=O) groups is 1. The quantitative estimate of drug-likeness (QED) is 0.883. The molecule has 1 saturated carbocycles. The second-order valence-corrected chi connectivity index (χ2v) is 6.68. The molecule has 5 heteroatoms. The van der Waals surface area contributed by atoms with Gasteiger partial charge in [-0.1, -0.05) is 12.8 Å². The number of rotatable bonds is 2. The van der Waals surface area contributed by atoms with E-state index in [9.17, 15) is 9.18 Å². The highest BCUT2D eigenvalue weighted by Crippen LogP contribution is 2.35. The number of halogens is 1. The number of fused-ring (bicyclic) bond motifs is 1. The fraction of sp³-hybridized carbons (Fsp3) is 0.588. The van der Waals surface area contributed by atoms with Gasteiger partial charge in [-0.15, -0.1) is 0 Å². The molecule has 1 amide bonds. The van der Waals surface area contributed by atoms with Crippen LogP contribution in [0.1, 0.15) is 50.6 Å². The maximum atomic E-state index is 13.5. The molecule has 1 aliphatic carbocycles. The van der Waals surface area contributed by atoms with Gasteiger partial charge in [-0.2, -0.15) is 0 Å². The van der Waals surface area contributed by atoms with E-state index in [1.807, 2.05) is 6.92 Å². The smallest absolute Gasteiger partial charge is 0.225 e. The molecule has 0 bridgehead atoms. The predicted molar refractivity (Wildman–Crippen MR) is 81.9 cm³/mol. The van der Waals surface area contributed by atoms with Crippen molar-refractivity contribution >= 4 is 5.91 Å². The Morgan fingerprint density at radius 3 is 3.00 bits per heavy atom. The van der Waals surface area contributed by atoms with Crippen LogP contribution in [0.4, 0.5) is 4.39 Å². The minimum atomic E-state index is -0.460. The zero-order valence-corrected chi connectivity index (χ0v) is 12.9. The number of hydrogen-bond acceptors (Lipinski definition) is 3. The summed E-state index contributed by atoms with van der Waals surface area (Å²) in [5.41, 5.74) is 6.56. The fourth-order valence-electron chi connectivity index (χ4n) is 3.58. The second kappa shape index (κ2) is 5.88. The van der Waals surface area contributed by atoms with Crippen molar-refractivity contribution in [1.82, 2.24) is 5.32 Å². The lowest BCUT2D eigenvalue weighted by molar-refractivity contribution is -0.129. The van der Waals surface area contributed by atoms with Crippen LogP contribution >= 0.6 is 0 Å². The van der Waals surface area contributed by atoms with Crippen LogP contribution in [0.25, 0.3) is 0 Å². The lowest BCUT2D eigenvalue weighted by Gasteiger charge is -2.38. The van der Waals surface area contributed by atoms with E-state index < -0.39 is 5.54 Å². The first kappa shape index (κ1) is 15.3. The first-order chi connectivity index (χ1) is 10.5. The highest BCUT2D eigenvalue weighted by Gasteiger charge is 2.39. The molecule has 1 aromatic carbocycles. The van der Waals surface area contributed by atoms with Crippen molar-refractivity contribution in [3.63, 3.8) is 0 Å². The van der Waals surface area contributed by atoms with Gasteiger partial charge in [-0.25, -0.2) is 4.39 Å². The van der Waals surface area contributed by atoms with Gasteiger partial charge in [0.15, 0.2) is 0 Å². The lowest BCUT2D eigenvalue weighted by atomic mass is 9.74. The van der Waals surface area contributed by atoms with Crippen LogP contribution in [0, 0.1) is 11.7 Å². The van der Waals surface area contributed by atoms with Crippen molar-refractivity contribution in [1.29, 1.82) is 0 Å². The van der Waals surface area contributed by atoms with Crippen LogP contribution in [0.5, 0.6) is 5.75 Å². The molecule has 1 aromatic rings. The molecule has 1 fully saturated rings. The van der Waals surface area contributed by atoms with E-state index in [1.54, 1.807) is 6.07 Å². The summed E-state index contributed by atoms with van der Waals surface area (Å²) in [4.78, 5) is 12.7. The third-order valence-electron chi connectivity index (χ3n) is 4.90. The maximum Gasteiger partial charge on any atom is 0.225 e. The highest BCUT2D eigenvalue weighted by molar-refractivity contribution is 5.80. The number of hydrogen-bond donors (Lipinski definition) is 2. The van der Waals surface area contributed by atoms with Crippen molar-refractivity contribution in [2.45, 2.75) is 50.6 Å². The average Bonchev–Trinajstić information content (AvgIpc) is 2.47. The number of carbonyl (C=O) groups excluding carboxylic acids is 1. The van der Waals surface area contributed by atoms with Gasteiger partial charge in [-0.05, 0) is 38.0 Å². The van der Waals surface area contributed by atoms with Crippen LogP contribution in [-0.2, 0) is 4.79 Å². The second-order valence-electron chi connectivity index (χ2n) is 6.68. The average molecular weight is 306 g/mol. The Morgan fingerprint density at radius 2 is 2.23 bits per heavy atom. The van der Waals surface area contributed by atoms with Crippen molar-refractivity contribution in [2.75, 3.05) is 6.61 Å². The molecule has 1 aliphatic heterocycles. The Morgan fingerprint density at radius 1 is 1.41 bits per heavy atom. The van der Waals surface area contributed by atoms with Gasteiger partial charge in [0, 0.05) is 17.5 Å². The van der Waals surface area contributed by atoms with Crippen molar-refractivity contribution < 1.29 is 13.9 Å². The van der Waals surface area contributed by atoms with Gasteiger partial charge in [0.05, 0.1) is 18.6 Å². The SMILES string of the molecule is CC1(N)CCCCC1C(=O)NC1CCOc2ccc(F)cc21. The van der Waals surface area contributed by atoms with E-state index in [0.29, 0.717) is 24.3 Å². The lowest BCUT2D eigenvalue weighted by Crippen LogP contribution is -2.53. The zero-order chi connectivity index (χ0) is 15.7. The van der Waals surface area contributed by atoms with Gasteiger partial charge in [0.2, 0.25) is 5.91 Å². The summed E-state index contributed by atoms with van der Waals surface area (Å²) < 4.78 is 19.0. The first-order valence-electron chi connectivity index (χ1n) is 7.99. The molecule has 0 saturated heterocycles. The Balaban J connectivity index is 1.77. The summed E-state index contributed by atoms with van der Waals surface area (Å²) in [6.07, 6.45) is 4.43. The standard InChI is InChI=1S/C17H23FN2O2/c1-17(19)8-3-2-4-13(17)16(21)20-14-7-9-22-15-6-5-11(18)10-12(14)15/h5-6,10,13-14H,2-4,7-9,19H2,1H3,(H,20,21). The monoisotopic (exact) mass is 306 g/mol. The van der Waals surface area contributed by atoms with Gasteiger partial charge >= 0.3 is 0 Å². The van der Waals surface area contributed by atoms with Crippen molar-refractivity contribution in [3.8, 4) is 5.75 Å². The van der Waals surface area contributed by atoms with E-state index >= 15 is 0 Å². The normalized spacial score (nSPS) is 31.0. The maximum absolute atomic E-state index is 13.5. The number of nitrogens with one attached hydrogen (secondary N) is 1. The minimum Gasteiger partial charge on any atom is -0.493 e. The molecule has 3 N–H and O–H groups in total. The van der Waals surface area contributed by atoms with Crippen LogP contribution in [-0.4, -0.2) is 18.1 Å². The van der Waals surface area contributed by atoms with Gasteiger partial charge in [0.1, 0.15) is 11.6 Å². The van der Waals surface area contributed by atoms with E-state index in [0.717, 1.165) is 25.7 Å². The van der Waals surface area contributed by atoms with Crippen LogP contribution in [0.2, 0.25) is 0 Å². The Kier molecular flexibility index (Phi) is 4.08. The summed E-state index contributed by atoms with van der Waals surface area (Å²) in [6.45, 7) is 2.47. The van der Waals surface area contributed by atoms with E-state index in [4.69, 9.17) is 10.5 Å². The molecule has 0 aromatic heterocycles.